The highest BCUT2D eigenvalue weighted by Crippen LogP contribution is 2.13. The number of carbonyl (C=O) groups excluding carboxylic acids is 1. The zero-order chi connectivity index (χ0) is 16.3. The number of nitrogens with one attached hydrogen (secondary N) is 1. The highest BCUT2D eigenvalue weighted by Gasteiger charge is 2.23. The van der Waals surface area contributed by atoms with E-state index in [1.165, 1.54) is 9.13 Å². The van der Waals surface area contributed by atoms with E-state index in [-0.39, 0.29) is 24.7 Å². The highest BCUT2D eigenvalue weighted by molar-refractivity contribution is 5.80. The summed E-state index contributed by atoms with van der Waals surface area (Å²) in [6.45, 7) is 3.90. The monoisotopic (exact) mass is 305 g/mol. The van der Waals surface area contributed by atoms with Gasteiger partial charge in [-0.05, 0) is 25.0 Å². The highest BCUT2D eigenvalue weighted by atomic mass is 16.3. The zero-order valence-corrected chi connectivity index (χ0v) is 13.3. The van der Waals surface area contributed by atoms with Crippen LogP contribution in [0.15, 0.2) is 29.1 Å². The number of amides is 1. The number of carbonyl (C=O) groups is 1. The summed E-state index contributed by atoms with van der Waals surface area (Å²) in [6.07, 6.45) is 1.13. The molecular weight excluding hydrogens is 282 g/mol. The van der Waals surface area contributed by atoms with E-state index in [2.05, 4.69) is 5.32 Å². The van der Waals surface area contributed by atoms with Crippen molar-refractivity contribution in [2.75, 3.05) is 6.54 Å². The first-order valence-electron chi connectivity index (χ1n) is 7.55. The molecule has 0 radical (unpaired) electrons. The summed E-state index contributed by atoms with van der Waals surface area (Å²) in [5.41, 5.74) is 0.405. The molecule has 0 bridgehead atoms. The molecule has 1 aromatic carbocycles. The van der Waals surface area contributed by atoms with Gasteiger partial charge in [-0.2, -0.15) is 0 Å². The van der Waals surface area contributed by atoms with Crippen molar-refractivity contribution < 1.29 is 9.90 Å². The minimum Gasteiger partial charge on any atom is -0.388 e. The number of nitrogens with zero attached hydrogens (tertiary/aromatic N) is 2. The molecule has 0 aliphatic carbocycles. The third kappa shape index (κ3) is 3.06. The summed E-state index contributed by atoms with van der Waals surface area (Å²) in [5, 5.41) is 12.9. The van der Waals surface area contributed by atoms with E-state index >= 15 is 0 Å². The maximum absolute atomic E-state index is 12.2. The average molecular weight is 305 g/mol. The smallest absolute Gasteiger partial charge is 0.329 e. The van der Waals surface area contributed by atoms with E-state index in [1.54, 1.807) is 7.05 Å². The number of hydrogen-bond acceptors (Lipinski definition) is 3. The third-order valence-electron chi connectivity index (χ3n) is 4.28. The first-order chi connectivity index (χ1) is 10.4. The van der Waals surface area contributed by atoms with E-state index in [0.717, 1.165) is 11.0 Å². The van der Waals surface area contributed by atoms with Gasteiger partial charge < -0.3 is 10.4 Å². The third-order valence-corrected chi connectivity index (χ3v) is 4.28. The van der Waals surface area contributed by atoms with Crippen molar-refractivity contribution in [1.82, 2.24) is 14.5 Å². The number of aliphatic hydroxyl groups is 1. The summed E-state index contributed by atoms with van der Waals surface area (Å²) < 4.78 is 2.97. The Morgan fingerprint density at radius 2 is 1.82 bits per heavy atom. The molecule has 2 N–H and O–H groups in total. The number of hydrogen-bond donors (Lipinski definition) is 2. The van der Waals surface area contributed by atoms with Crippen molar-refractivity contribution >= 4 is 16.9 Å². The summed E-state index contributed by atoms with van der Waals surface area (Å²) >= 11 is 0. The number of benzene rings is 1. The van der Waals surface area contributed by atoms with Crippen LogP contribution in [0, 0.1) is 0 Å². The topological polar surface area (TPSA) is 76.3 Å². The van der Waals surface area contributed by atoms with E-state index in [0.29, 0.717) is 12.8 Å². The summed E-state index contributed by atoms with van der Waals surface area (Å²) in [4.78, 5) is 24.3. The second kappa shape index (κ2) is 6.36. The Balaban J connectivity index is 2.16. The van der Waals surface area contributed by atoms with Crippen molar-refractivity contribution in [3.05, 3.63) is 34.7 Å². The lowest BCUT2D eigenvalue weighted by atomic mass is 9.98. The number of para-hydroxylation sites is 2. The first-order valence-corrected chi connectivity index (χ1v) is 7.55. The van der Waals surface area contributed by atoms with E-state index in [9.17, 15) is 14.7 Å². The predicted octanol–water partition coefficient (Wildman–Crippen LogP) is 1.01. The van der Waals surface area contributed by atoms with E-state index in [4.69, 9.17) is 0 Å². The Bertz CT molecular complexity index is 726. The van der Waals surface area contributed by atoms with Crippen molar-refractivity contribution in [3.8, 4) is 0 Å². The van der Waals surface area contributed by atoms with Crippen LogP contribution in [0.3, 0.4) is 0 Å². The molecule has 0 aliphatic heterocycles. The van der Waals surface area contributed by atoms with Gasteiger partial charge in [0.15, 0.2) is 0 Å². The van der Waals surface area contributed by atoms with Gasteiger partial charge in [0.25, 0.3) is 0 Å². The fourth-order valence-corrected chi connectivity index (χ4v) is 2.48. The van der Waals surface area contributed by atoms with Gasteiger partial charge in [-0.1, -0.05) is 26.0 Å². The van der Waals surface area contributed by atoms with E-state index in [1.807, 2.05) is 38.1 Å². The Hall–Kier alpha value is -2.08. The molecule has 0 spiro atoms. The van der Waals surface area contributed by atoms with Crippen molar-refractivity contribution in [1.29, 1.82) is 0 Å². The zero-order valence-electron chi connectivity index (χ0n) is 13.3. The Morgan fingerprint density at radius 1 is 1.23 bits per heavy atom. The largest absolute Gasteiger partial charge is 0.388 e. The molecule has 0 atom stereocenters. The van der Waals surface area contributed by atoms with Gasteiger partial charge in [0.2, 0.25) is 5.91 Å². The van der Waals surface area contributed by atoms with Crippen LogP contribution in [0.25, 0.3) is 11.0 Å². The molecule has 0 unspecified atom stereocenters. The average Bonchev–Trinajstić information content (AvgIpc) is 2.78. The molecule has 0 aliphatic rings. The lowest BCUT2D eigenvalue weighted by Gasteiger charge is -2.25. The fourth-order valence-electron chi connectivity index (χ4n) is 2.48. The molecule has 1 amide bonds. The second-order valence-electron chi connectivity index (χ2n) is 5.62. The molecule has 0 saturated heterocycles. The van der Waals surface area contributed by atoms with Crippen LogP contribution in [-0.2, 0) is 18.4 Å². The number of aryl methyl sites for hydroxylation is 1. The molecule has 1 aromatic heterocycles. The van der Waals surface area contributed by atoms with Crippen molar-refractivity contribution in [2.24, 2.45) is 7.05 Å². The lowest BCUT2D eigenvalue weighted by molar-refractivity contribution is -0.123. The molecule has 6 nitrogen and oxygen atoms in total. The first kappa shape index (κ1) is 16.3. The summed E-state index contributed by atoms with van der Waals surface area (Å²) in [6, 6.07) is 7.36. The molecule has 6 heteroatoms. The molecule has 2 rings (SSSR count). The number of fused-ring (bicyclic) bond motifs is 1. The van der Waals surface area contributed by atoms with Gasteiger partial charge in [0, 0.05) is 13.6 Å². The molecule has 2 aromatic rings. The Morgan fingerprint density at radius 3 is 2.41 bits per heavy atom. The van der Waals surface area contributed by atoms with Crippen LogP contribution in [0.4, 0.5) is 0 Å². The van der Waals surface area contributed by atoms with Crippen LogP contribution in [-0.4, -0.2) is 32.3 Å². The molecule has 0 fully saturated rings. The number of rotatable bonds is 6. The number of aromatic nitrogens is 2. The second-order valence-corrected chi connectivity index (χ2v) is 5.62. The van der Waals surface area contributed by atoms with Gasteiger partial charge in [0.1, 0.15) is 6.54 Å². The normalized spacial score (nSPS) is 11.8. The molecule has 22 heavy (non-hydrogen) atoms. The minimum atomic E-state index is -0.890. The quantitative estimate of drug-likeness (QED) is 0.836. The van der Waals surface area contributed by atoms with Gasteiger partial charge in [-0.15, -0.1) is 0 Å². The molecule has 1 heterocycles. The van der Waals surface area contributed by atoms with Crippen LogP contribution in [0.2, 0.25) is 0 Å². The van der Waals surface area contributed by atoms with Crippen LogP contribution >= 0.6 is 0 Å². The van der Waals surface area contributed by atoms with Crippen molar-refractivity contribution in [2.45, 2.75) is 38.8 Å². The van der Waals surface area contributed by atoms with Gasteiger partial charge >= 0.3 is 5.69 Å². The van der Waals surface area contributed by atoms with E-state index < -0.39 is 5.60 Å². The summed E-state index contributed by atoms with van der Waals surface area (Å²) in [5.74, 6) is -0.279. The lowest BCUT2D eigenvalue weighted by Crippen LogP contribution is -2.43. The van der Waals surface area contributed by atoms with Crippen LogP contribution in [0.5, 0.6) is 0 Å². The number of imidazole rings is 1. The van der Waals surface area contributed by atoms with Gasteiger partial charge in [-0.25, -0.2) is 4.79 Å². The molecule has 0 saturated carbocycles. The van der Waals surface area contributed by atoms with Crippen LogP contribution < -0.4 is 11.0 Å². The fraction of sp³-hybridized carbons (Fsp3) is 0.500. The van der Waals surface area contributed by atoms with Gasteiger partial charge in [0.05, 0.1) is 16.6 Å². The SMILES string of the molecule is CCC(O)(CC)CNC(=O)Cn1c(=O)n(C)c2ccccc21. The Kier molecular flexibility index (Phi) is 4.71. The molecular formula is C16H23N3O3. The van der Waals surface area contributed by atoms with Gasteiger partial charge in [-0.3, -0.25) is 13.9 Å². The molecule has 120 valence electrons. The van der Waals surface area contributed by atoms with Crippen molar-refractivity contribution in [3.63, 3.8) is 0 Å². The predicted molar refractivity (Wildman–Crippen MR) is 85.7 cm³/mol. The maximum Gasteiger partial charge on any atom is 0.329 e. The standard InChI is InChI=1S/C16H23N3O3/c1-4-16(22,5-2)11-17-14(20)10-19-13-9-7-6-8-12(13)18(3)15(19)21/h6-9,22H,4-5,10-11H2,1-3H3,(H,17,20). The minimum absolute atomic E-state index is 0.0519. The summed E-state index contributed by atoms with van der Waals surface area (Å²) in [7, 11) is 1.69. The maximum atomic E-state index is 12.2. The van der Waals surface area contributed by atoms with Crippen LogP contribution in [0.1, 0.15) is 26.7 Å². The Labute approximate surface area is 129 Å².